The molecule has 0 radical (unpaired) electrons. The van der Waals surface area contributed by atoms with E-state index in [1.807, 2.05) is 24.3 Å². The lowest BCUT2D eigenvalue weighted by atomic mass is 10.2. The monoisotopic (exact) mass is 421 g/mol. The molecule has 1 fully saturated rings. The van der Waals surface area contributed by atoms with E-state index >= 15 is 0 Å². The van der Waals surface area contributed by atoms with Crippen molar-refractivity contribution < 1.29 is 14.0 Å². The Kier molecular flexibility index (Phi) is 4.93. The Hall–Kier alpha value is -1.83. The third-order valence-corrected chi connectivity index (χ3v) is 5.04. The first-order valence-electron chi connectivity index (χ1n) is 6.80. The topological polar surface area (TPSA) is 37.4 Å². The van der Waals surface area contributed by atoms with Crippen molar-refractivity contribution in [3.05, 3.63) is 74.9 Å². The van der Waals surface area contributed by atoms with Gasteiger partial charge in [0, 0.05) is 4.47 Å². The van der Waals surface area contributed by atoms with Crippen molar-refractivity contribution in [3.63, 3.8) is 0 Å². The summed E-state index contributed by atoms with van der Waals surface area (Å²) in [6.45, 7) is 0. The standard InChI is InChI=1S/C17H9BrFNO2S2/c18-11-5-3-4-10(8-11)9-14-16(22)20(17(23)24-14)15(21)12-6-1-2-7-13(12)19/h1-9H/b14-9+. The molecule has 3 nitrogen and oxygen atoms in total. The lowest BCUT2D eigenvalue weighted by molar-refractivity contribution is -0.120. The number of thioether (sulfide) groups is 1. The van der Waals surface area contributed by atoms with E-state index in [-0.39, 0.29) is 9.88 Å². The molecule has 24 heavy (non-hydrogen) atoms. The SMILES string of the molecule is O=C1/C(=C\c2cccc(Br)c2)SC(=S)N1C(=O)c1ccccc1F. The highest BCUT2D eigenvalue weighted by Gasteiger charge is 2.38. The molecule has 3 rings (SSSR count). The molecule has 2 aromatic carbocycles. The van der Waals surface area contributed by atoms with Crippen LogP contribution in [0.3, 0.4) is 0 Å². The molecule has 7 heteroatoms. The second kappa shape index (κ2) is 6.96. The van der Waals surface area contributed by atoms with E-state index in [0.717, 1.165) is 26.7 Å². The number of thiocarbonyl (C=S) groups is 1. The minimum atomic E-state index is -0.756. The van der Waals surface area contributed by atoms with Gasteiger partial charge in [0.25, 0.3) is 11.8 Å². The van der Waals surface area contributed by atoms with Crippen LogP contribution in [0.4, 0.5) is 4.39 Å². The molecule has 1 aliphatic heterocycles. The highest BCUT2D eigenvalue weighted by molar-refractivity contribution is 9.10. The van der Waals surface area contributed by atoms with Crippen molar-refractivity contribution >= 4 is 62.1 Å². The minimum Gasteiger partial charge on any atom is -0.268 e. The van der Waals surface area contributed by atoms with Crippen LogP contribution in [0.2, 0.25) is 0 Å². The fourth-order valence-electron chi connectivity index (χ4n) is 2.15. The van der Waals surface area contributed by atoms with E-state index in [0.29, 0.717) is 4.91 Å². The van der Waals surface area contributed by atoms with Crippen LogP contribution in [-0.4, -0.2) is 21.0 Å². The van der Waals surface area contributed by atoms with Gasteiger partial charge in [-0.05, 0) is 35.9 Å². The van der Waals surface area contributed by atoms with Gasteiger partial charge in [-0.1, -0.05) is 64.2 Å². The van der Waals surface area contributed by atoms with E-state index in [1.54, 1.807) is 6.08 Å². The number of nitrogens with zero attached hydrogens (tertiary/aromatic N) is 1. The highest BCUT2D eigenvalue weighted by atomic mass is 79.9. The van der Waals surface area contributed by atoms with Gasteiger partial charge < -0.3 is 0 Å². The predicted octanol–water partition coefficient (Wildman–Crippen LogP) is 4.63. The number of carbonyl (C=O) groups is 2. The maximum absolute atomic E-state index is 13.8. The molecule has 0 unspecified atom stereocenters. The first-order valence-corrected chi connectivity index (χ1v) is 8.81. The van der Waals surface area contributed by atoms with E-state index in [4.69, 9.17) is 12.2 Å². The first kappa shape index (κ1) is 17.0. The Morgan fingerprint density at radius 2 is 1.96 bits per heavy atom. The quantitative estimate of drug-likeness (QED) is 0.402. The van der Waals surface area contributed by atoms with Crippen LogP contribution in [0.5, 0.6) is 0 Å². The second-order valence-corrected chi connectivity index (χ2v) is 7.45. The third kappa shape index (κ3) is 3.33. The van der Waals surface area contributed by atoms with Crippen molar-refractivity contribution in [1.29, 1.82) is 0 Å². The van der Waals surface area contributed by atoms with E-state index < -0.39 is 17.6 Å². The van der Waals surface area contributed by atoms with Crippen LogP contribution < -0.4 is 0 Å². The molecule has 0 saturated carbocycles. The molecule has 120 valence electrons. The van der Waals surface area contributed by atoms with E-state index in [9.17, 15) is 14.0 Å². The Morgan fingerprint density at radius 3 is 2.67 bits per heavy atom. The van der Waals surface area contributed by atoms with Gasteiger partial charge in [0.05, 0.1) is 10.5 Å². The van der Waals surface area contributed by atoms with Gasteiger partial charge in [0.1, 0.15) is 5.82 Å². The number of rotatable bonds is 2. The van der Waals surface area contributed by atoms with Crippen LogP contribution >= 0.6 is 39.9 Å². The zero-order chi connectivity index (χ0) is 17.3. The lowest BCUT2D eigenvalue weighted by Crippen LogP contribution is -2.35. The highest BCUT2D eigenvalue weighted by Crippen LogP contribution is 2.34. The zero-order valence-electron chi connectivity index (χ0n) is 12.0. The van der Waals surface area contributed by atoms with Crippen LogP contribution in [0, 0.1) is 5.82 Å². The summed E-state index contributed by atoms with van der Waals surface area (Å²) in [5.74, 6) is -1.99. The molecule has 0 aromatic heterocycles. The maximum atomic E-state index is 13.8. The van der Waals surface area contributed by atoms with Crippen LogP contribution in [0.1, 0.15) is 15.9 Å². The lowest BCUT2D eigenvalue weighted by Gasteiger charge is -2.12. The summed E-state index contributed by atoms with van der Waals surface area (Å²) in [5.41, 5.74) is 0.612. The van der Waals surface area contributed by atoms with Crippen LogP contribution in [0.25, 0.3) is 6.08 Å². The summed E-state index contributed by atoms with van der Waals surface area (Å²) < 4.78 is 14.8. The minimum absolute atomic E-state index is 0.0921. The van der Waals surface area contributed by atoms with Crippen molar-refractivity contribution in [2.75, 3.05) is 0 Å². The van der Waals surface area contributed by atoms with Crippen molar-refractivity contribution in [2.24, 2.45) is 0 Å². The fraction of sp³-hybridized carbons (Fsp3) is 0. The number of amides is 2. The molecule has 0 spiro atoms. The van der Waals surface area contributed by atoms with Gasteiger partial charge in [-0.2, -0.15) is 0 Å². The van der Waals surface area contributed by atoms with Crippen molar-refractivity contribution in [3.8, 4) is 0 Å². The van der Waals surface area contributed by atoms with Gasteiger partial charge >= 0.3 is 0 Å². The molecular formula is C17H9BrFNO2S2. The second-order valence-electron chi connectivity index (χ2n) is 4.86. The van der Waals surface area contributed by atoms with Crippen molar-refractivity contribution in [1.82, 2.24) is 4.90 Å². The van der Waals surface area contributed by atoms with E-state index in [2.05, 4.69) is 15.9 Å². The van der Waals surface area contributed by atoms with Crippen LogP contribution in [0.15, 0.2) is 57.9 Å². The summed E-state index contributed by atoms with van der Waals surface area (Å²) >= 11 is 9.51. The molecule has 0 bridgehead atoms. The summed E-state index contributed by atoms with van der Waals surface area (Å²) in [7, 11) is 0. The number of hydrogen-bond acceptors (Lipinski definition) is 4. The third-order valence-electron chi connectivity index (χ3n) is 3.25. The Balaban J connectivity index is 1.92. The molecule has 0 N–H and O–H groups in total. The molecule has 1 heterocycles. The van der Waals surface area contributed by atoms with Crippen molar-refractivity contribution in [2.45, 2.75) is 0 Å². The largest absolute Gasteiger partial charge is 0.273 e. The predicted molar refractivity (Wildman–Crippen MR) is 99.9 cm³/mol. The van der Waals surface area contributed by atoms with Gasteiger partial charge in [-0.3, -0.25) is 9.59 Å². The average Bonchev–Trinajstić information content (AvgIpc) is 2.81. The molecule has 2 aromatic rings. The number of carbonyl (C=O) groups excluding carboxylic acids is 2. The van der Waals surface area contributed by atoms with Gasteiger partial charge in [-0.25, -0.2) is 9.29 Å². The molecular weight excluding hydrogens is 413 g/mol. The zero-order valence-corrected chi connectivity index (χ0v) is 15.3. The average molecular weight is 422 g/mol. The molecule has 1 aliphatic rings. The summed E-state index contributed by atoms with van der Waals surface area (Å²) in [5, 5.41) is 0. The Labute approximate surface area is 155 Å². The fourth-order valence-corrected chi connectivity index (χ4v) is 3.82. The number of benzene rings is 2. The summed E-state index contributed by atoms with van der Waals surface area (Å²) in [4.78, 5) is 26.2. The Morgan fingerprint density at radius 1 is 1.21 bits per heavy atom. The number of halogens is 2. The molecule has 0 atom stereocenters. The normalized spacial score (nSPS) is 16.1. The number of hydrogen-bond donors (Lipinski definition) is 0. The van der Waals surface area contributed by atoms with Gasteiger partial charge in [0.15, 0.2) is 4.32 Å². The Bertz CT molecular complexity index is 898. The van der Waals surface area contributed by atoms with E-state index in [1.165, 1.54) is 24.3 Å². The van der Waals surface area contributed by atoms with Gasteiger partial charge in [0.2, 0.25) is 0 Å². The van der Waals surface area contributed by atoms with Crippen LogP contribution in [-0.2, 0) is 4.79 Å². The smallest absolute Gasteiger partial charge is 0.268 e. The maximum Gasteiger partial charge on any atom is 0.273 e. The number of imide groups is 1. The summed E-state index contributed by atoms with van der Waals surface area (Å²) in [6.07, 6.45) is 1.65. The van der Waals surface area contributed by atoms with Gasteiger partial charge in [-0.15, -0.1) is 0 Å². The summed E-state index contributed by atoms with van der Waals surface area (Å²) in [6, 6.07) is 12.9. The molecule has 0 aliphatic carbocycles. The first-order chi connectivity index (χ1) is 11.5. The molecule has 2 amide bonds. The molecule has 1 saturated heterocycles.